The highest BCUT2D eigenvalue weighted by Crippen LogP contribution is 2.24. The van der Waals surface area contributed by atoms with Crippen LogP contribution in [0.15, 0.2) is 23.2 Å². The molecule has 0 aliphatic heterocycles. The van der Waals surface area contributed by atoms with Crippen molar-refractivity contribution in [2.24, 2.45) is 0 Å². The molecule has 4 nitrogen and oxygen atoms in total. The number of benzene rings is 1. The van der Waals surface area contributed by atoms with Gasteiger partial charge in [0.1, 0.15) is 10.6 Å². The van der Waals surface area contributed by atoms with E-state index >= 15 is 0 Å². The fourth-order valence-corrected chi connectivity index (χ4v) is 2.62. The minimum absolute atomic E-state index is 0.0140. The quantitative estimate of drug-likeness (QED) is 0.632. The SMILES string of the molecule is Cc1c(S(=O)(=O)Cl)cnn1-c1cc(F)c(F)cc1F. The number of halogens is 4. The summed E-state index contributed by atoms with van der Waals surface area (Å²) in [6.07, 6.45) is 0.901. The molecule has 1 heterocycles. The lowest BCUT2D eigenvalue weighted by Gasteiger charge is -2.06. The van der Waals surface area contributed by atoms with E-state index in [1.165, 1.54) is 6.92 Å². The van der Waals surface area contributed by atoms with E-state index in [1.807, 2.05) is 0 Å². The van der Waals surface area contributed by atoms with Gasteiger partial charge in [-0.1, -0.05) is 0 Å². The van der Waals surface area contributed by atoms with Crippen LogP contribution in [0, 0.1) is 24.4 Å². The average molecular weight is 311 g/mol. The molecule has 0 aliphatic carbocycles. The lowest BCUT2D eigenvalue weighted by atomic mass is 10.3. The summed E-state index contributed by atoms with van der Waals surface area (Å²) in [6, 6.07) is 0.927. The minimum atomic E-state index is -4.05. The summed E-state index contributed by atoms with van der Waals surface area (Å²) >= 11 is 0. The highest BCUT2D eigenvalue weighted by molar-refractivity contribution is 8.13. The third-order valence-corrected chi connectivity index (χ3v) is 3.87. The van der Waals surface area contributed by atoms with Gasteiger partial charge in [0, 0.05) is 22.8 Å². The van der Waals surface area contributed by atoms with Crippen LogP contribution < -0.4 is 0 Å². The lowest BCUT2D eigenvalue weighted by molar-refractivity contribution is 0.491. The Bertz CT molecular complexity index is 758. The van der Waals surface area contributed by atoms with E-state index in [4.69, 9.17) is 10.7 Å². The van der Waals surface area contributed by atoms with Crippen molar-refractivity contribution in [3.63, 3.8) is 0 Å². The van der Waals surface area contributed by atoms with Gasteiger partial charge in [0.25, 0.3) is 9.05 Å². The molecule has 0 amide bonds. The molecule has 9 heteroatoms. The van der Waals surface area contributed by atoms with Gasteiger partial charge < -0.3 is 0 Å². The van der Waals surface area contributed by atoms with Crippen LogP contribution in [0.3, 0.4) is 0 Å². The van der Waals surface area contributed by atoms with Crippen molar-refractivity contribution in [1.82, 2.24) is 9.78 Å². The Labute approximate surface area is 110 Å². The second kappa shape index (κ2) is 4.53. The smallest absolute Gasteiger partial charge is 0.234 e. The van der Waals surface area contributed by atoms with Crippen LogP contribution in [0.4, 0.5) is 13.2 Å². The van der Waals surface area contributed by atoms with E-state index in [2.05, 4.69) is 5.10 Å². The van der Waals surface area contributed by atoms with Gasteiger partial charge in [-0.05, 0) is 6.92 Å². The number of hydrogen-bond donors (Lipinski definition) is 0. The zero-order valence-corrected chi connectivity index (χ0v) is 10.9. The molecule has 2 rings (SSSR count). The van der Waals surface area contributed by atoms with Gasteiger partial charge in [0.05, 0.1) is 11.9 Å². The lowest BCUT2D eigenvalue weighted by Crippen LogP contribution is -2.05. The summed E-state index contributed by atoms with van der Waals surface area (Å²) in [5.41, 5.74) is -0.428. The summed E-state index contributed by atoms with van der Waals surface area (Å²) in [5, 5.41) is 3.61. The fourth-order valence-electron chi connectivity index (χ4n) is 1.55. The summed E-state index contributed by atoms with van der Waals surface area (Å²) in [7, 11) is 1.10. The molecule has 0 bridgehead atoms. The van der Waals surface area contributed by atoms with Gasteiger partial charge in [-0.2, -0.15) is 5.10 Å². The van der Waals surface area contributed by atoms with Crippen LogP contribution in [0.25, 0.3) is 5.69 Å². The highest BCUT2D eigenvalue weighted by Gasteiger charge is 2.21. The number of hydrogen-bond acceptors (Lipinski definition) is 3. The Hall–Kier alpha value is -1.54. The summed E-state index contributed by atoms with van der Waals surface area (Å²) in [4.78, 5) is -0.335. The number of rotatable bonds is 2. The summed E-state index contributed by atoms with van der Waals surface area (Å²) < 4.78 is 62.7. The molecule has 0 aliphatic rings. The fraction of sp³-hybridized carbons (Fsp3) is 0.100. The second-order valence-electron chi connectivity index (χ2n) is 3.66. The standard InChI is InChI=1S/C10H6ClF3N2O2S/c1-5-10(19(11,17)18)4-15-16(5)9-3-7(13)6(12)2-8(9)14/h2-4H,1H3. The molecule has 19 heavy (non-hydrogen) atoms. The Morgan fingerprint density at radius 3 is 2.26 bits per heavy atom. The monoisotopic (exact) mass is 310 g/mol. The molecule has 0 saturated heterocycles. The number of aromatic nitrogens is 2. The molecule has 0 radical (unpaired) electrons. The van der Waals surface area contributed by atoms with Crippen LogP contribution in [-0.2, 0) is 9.05 Å². The van der Waals surface area contributed by atoms with Crippen LogP contribution in [0.1, 0.15) is 5.69 Å². The van der Waals surface area contributed by atoms with Crippen LogP contribution in [0.2, 0.25) is 0 Å². The molecule has 2 aromatic rings. The van der Waals surface area contributed by atoms with E-state index in [-0.39, 0.29) is 10.6 Å². The van der Waals surface area contributed by atoms with E-state index in [0.717, 1.165) is 10.9 Å². The van der Waals surface area contributed by atoms with Gasteiger partial charge in [-0.3, -0.25) is 0 Å². The minimum Gasteiger partial charge on any atom is -0.234 e. The topological polar surface area (TPSA) is 52.0 Å². The van der Waals surface area contributed by atoms with Crippen molar-refractivity contribution in [3.8, 4) is 5.69 Å². The van der Waals surface area contributed by atoms with Gasteiger partial charge in [-0.25, -0.2) is 26.3 Å². The largest absolute Gasteiger partial charge is 0.264 e. The first-order chi connectivity index (χ1) is 8.71. The Morgan fingerprint density at radius 2 is 1.74 bits per heavy atom. The molecule has 1 aromatic heterocycles. The normalized spacial score (nSPS) is 11.8. The first-order valence-electron chi connectivity index (χ1n) is 4.86. The van der Waals surface area contributed by atoms with E-state index in [9.17, 15) is 21.6 Å². The number of nitrogens with zero attached hydrogens (tertiary/aromatic N) is 2. The first-order valence-corrected chi connectivity index (χ1v) is 7.17. The Kier molecular flexibility index (Phi) is 3.31. The summed E-state index contributed by atoms with van der Waals surface area (Å²) in [5.74, 6) is -3.71. The molecular weight excluding hydrogens is 305 g/mol. The van der Waals surface area contributed by atoms with Crippen LogP contribution in [0.5, 0.6) is 0 Å². The maximum Gasteiger partial charge on any atom is 0.264 e. The van der Waals surface area contributed by atoms with E-state index < -0.39 is 32.2 Å². The maximum atomic E-state index is 13.6. The van der Waals surface area contributed by atoms with Crippen molar-refractivity contribution in [2.45, 2.75) is 11.8 Å². The van der Waals surface area contributed by atoms with Crippen molar-refractivity contribution in [1.29, 1.82) is 0 Å². The molecule has 0 fully saturated rings. The molecule has 0 spiro atoms. The average Bonchev–Trinajstić information content (AvgIpc) is 2.65. The van der Waals surface area contributed by atoms with Gasteiger partial charge in [-0.15, -0.1) is 0 Å². The molecule has 1 aromatic carbocycles. The predicted molar refractivity (Wildman–Crippen MR) is 61.2 cm³/mol. The molecule has 102 valence electrons. The van der Waals surface area contributed by atoms with E-state index in [0.29, 0.717) is 12.1 Å². The third kappa shape index (κ3) is 2.45. The zero-order chi connectivity index (χ0) is 14.4. The van der Waals surface area contributed by atoms with Crippen molar-refractivity contribution >= 4 is 19.7 Å². The van der Waals surface area contributed by atoms with E-state index in [1.54, 1.807) is 0 Å². The molecule has 0 N–H and O–H groups in total. The predicted octanol–water partition coefficient (Wildman–Crippen LogP) is 2.53. The summed E-state index contributed by atoms with van der Waals surface area (Å²) in [6.45, 7) is 1.31. The zero-order valence-electron chi connectivity index (χ0n) is 9.36. The van der Waals surface area contributed by atoms with Crippen LogP contribution in [-0.4, -0.2) is 18.2 Å². The van der Waals surface area contributed by atoms with Crippen LogP contribution >= 0.6 is 10.7 Å². The molecule has 0 unspecified atom stereocenters. The van der Waals surface area contributed by atoms with Crippen molar-refractivity contribution < 1.29 is 21.6 Å². The molecule has 0 atom stereocenters. The van der Waals surface area contributed by atoms with Crippen molar-refractivity contribution in [3.05, 3.63) is 41.5 Å². The third-order valence-electron chi connectivity index (χ3n) is 2.45. The highest BCUT2D eigenvalue weighted by atomic mass is 35.7. The Morgan fingerprint density at radius 1 is 1.16 bits per heavy atom. The molecular formula is C10H6ClF3N2O2S. The maximum absolute atomic E-state index is 13.6. The second-order valence-corrected chi connectivity index (χ2v) is 6.20. The Balaban J connectivity index is 2.68. The van der Waals surface area contributed by atoms with Crippen molar-refractivity contribution in [2.75, 3.05) is 0 Å². The van der Waals surface area contributed by atoms with Gasteiger partial charge in [0.15, 0.2) is 17.5 Å². The first kappa shape index (κ1) is 13.9. The van der Waals surface area contributed by atoms with Gasteiger partial charge in [0.2, 0.25) is 0 Å². The van der Waals surface area contributed by atoms with Gasteiger partial charge >= 0.3 is 0 Å². The molecule has 0 saturated carbocycles.